The Morgan fingerprint density at radius 2 is 1.95 bits per heavy atom. The number of rotatable bonds is 4. The highest BCUT2D eigenvalue weighted by Crippen LogP contribution is 2.18. The fourth-order valence-corrected chi connectivity index (χ4v) is 1.55. The minimum Gasteiger partial charge on any atom is -0.375 e. The number of aromatic amines is 1. The molecule has 1 heterocycles. The van der Waals surface area contributed by atoms with Crippen molar-refractivity contribution in [2.75, 3.05) is 0 Å². The number of hydrogen-bond donors (Lipinski definition) is 1. The molecule has 0 bridgehead atoms. The normalized spacial score (nSPS) is 11.0. The number of nitro benzene ring substituents is 1. The van der Waals surface area contributed by atoms with Crippen molar-refractivity contribution in [3.8, 4) is 0 Å². The van der Waals surface area contributed by atoms with Gasteiger partial charge in [-0.05, 0) is 12.1 Å². The van der Waals surface area contributed by atoms with E-state index in [0.717, 1.165) is 0 Å². The van der Waals surface area contributed by atoms with Gasteiger partial charge in [-0.1, -0.05) is 17.3 Å². The van der Waals surface area contributed by atoms with E-state index in [-0.39, 0.29) is 17.1 Å². The fourth-order valence-electron chi connectivity index (χ4n) is 1.55. The molecule has 3 N–H and O–H groups in total. The number of H-pyrrole nitrogens is 1. The smallest absolute Gasteiger partial charge is 0.372 e. The summed E-state index contributed by atoms with van der Waals surface area (Å²) in [6.45, 7) is 0. The Hall–Kier alpha value is -3.29. The second-order valence-electron chi connectivity index (χ2n) is 3.91. The van der Waals surface area contributed by atoms with Crippen LogP contribution >= 0.6 is 0 Å². The second kappa shape index (κ2) is 6.24. The lowest BCUT2D eigenvalue weighted by molar-refractivity contribution is -0.385. The van der Waals surface area contributed by atoms with Gasteiger partial charge in [0.1, 0.15) is 5.56 Å². The third-order valence-corrected chi connectivity index (χ3v) is 2.53. The van der Waals surface area contributed by atoms with Crippen LogP contribution in [0, 0.1) is 10.1 Å². The average molecular weight is 287 g/mol. The van der Waals surface area contributed by atoms with E-state index in [9.17, 15) is 14.9 Å². The van der Waals surface area contributed by atoms with Crippen LogP contribution in [0.1, 0.15) is 16.1 Å². The van der Waals surface area contributed by atoms with Gasteiger partial charge >= 0.3 is 5.97 Å². The first-order valence-corrected chi connectivity index (χ1v) is 5.85. The van der Waals surface area contributed by atoms with Gasteiger partial charge in [-0.15, -0.1) is 0 Å². The molecule has 106 valence electrons. The van der Waals surface area contributed by atoms with Gasteiger partial charge < -0.3 is 10.6 Å². The number of nitro groups is 1. The maximum atomic E-state index is 11.8. The number of nitrogens with zero attached hydrogens (tertiary/aromatic N) is 2. The molecule has 2 aromatic rings. The molecule has 0 unspecified atom stereocenters. The molecule has 2 rings (SSSR count). The Morgan fingerprint density at radius 3 is 2.62 bits per heavy atom. The molecule has 8 heteroatoms. The molecule has 1 aromatic carbocycles. The summed E-state index contributed by atoms with van der Waals surface area (Å²) in [5.41, 5.74) is 5.52. The predicted octanol–water partition coefficient (Wildman–Crippen LogP) is 0.886. The summed E-state index contributed by atoms with van der Waals surface area (Å²) < 4.78 is 0. The quantitative estimate of drug-likeness (QED) is 0.294. The summed E-state index contributed by atoms with van der Waals surface area (Å²) in [5.74, 6) is -1.01. The van der Waals surface area contributed by atoms with Gasteiger partial charge in [0.05, 0.1) is 4.92 Å². The third-order valence-electron chi connectivity index (χ3n) is 2.53. The van der Waals surface area contributed by atoms with Gasteiger partial charge in [-0.3, -0.25) is 10.1 Å². The van der Waals surface area contributed by atoms with E-state index in [2.05, 4.69) is 15.0 Å². The molecule has 0 atom stereocenters. The van der Waals surface area contributed by atoms with E-state index in [1.807, 2.05) is 0 Å². The molecule has 1 aromatic heterocycles. The van der Waals surface area contributed by atoms with Crippen molar-refractivity contribution in [3.05, 3.63) is 70.0 Å². The van der Waals surface area contributed by atoms with Crippen molar-refractivity contribution >= 4 is 17.5 Å². The van der Waals surface area contributed by atoms with Crippen LogP contribution in [0.4, 0.5) is 5.69 Å². The SMILES string of the molecule is NC(=NOC(=O)c1ccccc1[N+](=O)[O-])c1cccc[nH+]1. The largest absolute Gasteiger partial charge is 0.375 e. The van der Waals surface area contributed by atoms with Gasteiger partial charge in [0.2, 0.25) is 11.5 Å². The summed E-state index contributed by atoms with van der Waals surface area (Å²) in [4.78, 5) is 29.4. The monoisotopic (exact) mass is 287 g/mol. The first kappa shape index (κ1) is 14.1. The van der Waals surface area contributed by atoms with Crippen LogP contribution in [0.15, 0.2) is 53.8 Å². The Bertz CT molecular complexity index is 700. The molecular formula is C13H11N4O4+. The second-order valence-corrected chi connectivity index (χ2v) is 3.91. The number of nitrogens with two attached hydrogens (primary N) is 1. The van der Waals surface area contributed by atoms with E-state index < -0.39 is 10.9 Å². The van der Waals surface area contributed by atoms with Crippen molar-refractivity contribution in [3.63, 3.8) is 0 Å². The molecule has 21 heavy (non-hydrogen) atoms. The summed E-state index contributed by atoms with van der Waals surface area (Å²) in [6.07, 6.45) is 1.63. The van der Waals surface area contributed by atoms with E-state index in [1.54, 1.807) is 24.4 Å². The molecule has 0 saturated carbocycles. The Labute approximate surface area is 119 Å². The lowest BCUT2D eigenvalue weighted by Gasteiger charge is -2.00. The highest BCUT2D eigenvalue weighted by Gasteiger charge is 2.21. The molecule has 0 aliphatic heterocycles. The minimum absolute atomic E-state index is 0.0532. The van der Waals surface area contributed by atoms with Gasteiger partial charge in [0.25, 0.3) is 5.69 Å². The van der Waals surface area contributed by atoms with Crippen LogP contribution in [0.25, 0.3) is 0 Å². The van der Waals surface area contributed by atoms with Crippen LogP contribution in [-0.2, 0) is 4.84 Å². The first-order chi connectivity index (χ1) is 10.1. The van der Waals surface area contributed by atoms with Gasteiger partial charge in [-0.2, -0.15) is 0 Å². The zero-order valence-electron chi connectivity index (χ0n) is 10.7. The van der Waals surface area contributed by atoms with Gasteiger partial charge in [0, 0.05) is 18.2 Å². The predicted molar refractivity (Wildman–Crippen MR) is 72.2 cm³/mol. The van der Waals surface area contributed by atoms with Crippen molar-refractivity contribution in [2.24, 2.45) is 10.9 Å². The van der Waals surface area contributed by atoms with Gasteiger partial charge in [0.15, 0.2) is 6.20 Å². The van der Waals surface area contributed by atoms with Crippen molar-refractivity contribution < 1.29 is 19.5 Å². The maximum absolute atomic E-state index is 11.8. The molecule has 0 fully saturated rings. The van der Waals surface area contributed by atoms with Crippen molar-refractivity contribution in [1.82, 2.24) is 0 Å². The number of oxime groups is 1. The Kier molecular flexibility index (Phi) is 4.20. The van der Waals surface area contributed by atoms with E-state index in [4.69, 9.17) is 5.73 Å². The molecule has 0 saturated heterocycles. The highest BCUT2D eigenvalue weighted by molar-refractivity contribution is 5.96. The number of nitrogens with one attached hydrogen (secondary N) is 1. The van der Waals surface area contributed by atoms with Crippen LogP contribution in [-0.4, -0.2) is 16.7 Å². The van der Waals surface area contributed by atoms with Crippen molar-refractivity contribution in [1.29, 1.82) is 0 Å². The number of hydrogen-bond acceptors (Lipinski definition) is 5. The third kappa shape index (κ3) is 3.38. The highest BCUT2D eigenvalue weighted by atomic mass is 16.7. The lowest BCUT2D eigenvalue weighted by atomic mass is 10.2. The first-order valence-electron chi connectivity index (χ1n) is 5.85. The molecule has 0 aliphatic rings. The van der Waals surface area contributed by atoms with E-state index in [1.165, 1.54) is 24.3 Å². The molecule has 8 nitrogen and oxygen atoms in total. The minimum atomic E-state index is -0.957. The maximum Gasteiger partial charge on any atom is 0.372 e. The van der Waals surface area contributed by atoms with Crippen molar-refractivity contribution in [2.45, 2.75) is 0 Å². The Balaban J connectivity index is 2.18. The fraction of sp³-hybridized carbons (Fsp3) is 0. The van der Waals surface area contributed by atoms with Crippen LogP contribution < -0.4 is 10.7 Å². The number of aromatic nitrogens is 1. The number of carbonyl (C=O) groups excluding carboxylic acids is 1. The number of pyridine rings is 1. The summed E-state index contributed by atoms with van der Waals surface area (Å²) >= 11 is 0. The van der Waals surface area contributed by atoms with E-state index in [0.29, 0.717) is 5.69 Å². The number of benzene rings is 1. The molecule has 0 radical (unpaired) electrons. The summed E-state index contributed by atoms with van der Waals surface area (Å²) in [6, 6.07) is 10.5. The van der Waals surface area contributed by atoms with Crippen LogP contribution in [0.2, 0.25) is 0 Å². The van der Waals surface area contributed by atoms with Gasteiger partial charge in [-0.25, -0.2) is 9.78 Å². The van der Waals surface area contributed by atoms with Crippen LogP contribution in [0.3, 0.4) is 0 Å². The summed E-state index contributed by atoms with van der Waals surface area (Å²) in [5, 5.41) is 14.3. The topological polar surface area (TPSA) is 122 Å². The number of carbonyl (C=O) groups is 1. The average Bonchev–Trinajstić information content (AvgIpc) is 2.53. The number of para-hydroxylation sites is 1. The number of amidine groups is 1. The van der Waals surface area contributed by atoms with E-state index >= 15 is 0 Å². The standard InChI is InChI=1S/C13H10N4O4/c14-12(10-6-3-4-8-15-10)16-21-13(18)9-5-1-2-7-11(9)17(19)20/h1-8H,(H2,14,16)/p+1. The zero-order valence-corrected chi connectivity index (χ0v) is 10.7. The molecule has 0 spiro atoms. The molecule has 0 aliphatic carbocycles. The zero-order chi connectivity index (χ0) is 15.2. The molecular weight excluding hydrogens is 276 g/mol. The Morgan fingerprint density at radius 1 is 1.24 bits per heavy atom. The molecule has 0 amide bonds. The summed E-state index contributed by atoms with van der Waals surface area (Å²) in [7, 11) is 0. The van der Waals surface area contributed by atoms with Crippen LogP contribution in [0.5, 0.6) is 0 Å². The lowest BCUT2D eigenvalue weighted by Crippen LogP contribution is -2.24.